The summed E-state index contributed by atoms with van der Waals surface area (Å²) in [5.41, 5.74) is 6.52. The molecule has 32 heavy (non-hydrogen) atoms. The standard InChI is InChI=1S/C21H17BrClN5O3S/c1-11-19(30)27(9-12-2-4-14(22)15(23)6-12)21(31)28-10-16(32-20(11)28)18(29)26-8-13-3-5-17(24)25-7-13/h2-7,10H,8-9H2,1H3,(H2,24,25)(H,26,29). The number of hydrogen-bond donors (Lipinski definition) is 2. The van der Waals surface area contributed by atoms with Gasteiger partial charge in [-0.3, -0.25) is 18.6 Å². The lowest BCUT2D eigenvalue weighted by molar-refractivity contribution is 0.0954. The van der Waals surface area contributed by atoms with E-state index in [9.17, 15) is 14.4 Å². The molecule has 164 valence electrons. The number of carbonyl (C=O) groups excluding carboxylic acids is 1. The van der Waals surface area contributed by atoms with Gasteiger partial charge in [-0.15, -0.1) is 11.3 Å². The topological polar surface area (TPSA) is 111 Å². The maximum Gasteiger partial charge on any atom is 0.336 e. The van der Waals surface area contributed by atoms with Gasteiger partial charge in [0.05, 0.1) is 11.6 Å². The Labute approximate surface area is 199 Å². The van der Waals surface area contributed by atoms with Crippen molar-refractivity contribution in [2.45, 2.75) is 20.0 Å². The summed E-state index contributed by atoms with van der Waals surface area (Å²) in [6.45, 7) is 1.96. The summed E-state index contributed by atoms with van der Waals surface area (Å²) in [5.74, 6) is 0.0413. The Morgan fingerprint density at radius 3 is 2.69 bits per heavy atom. The van der Waals surface area contributed by atoms with Crippen LogP contribution in [-0.4, -0.2) is 19.9 Å². The summed E-state index contributed by atoms with van der Waals surface area (Å²) in [4.78, 5) is 43.3. The maximum absolute atomic E-state index is 13.0. The minimum absolute atomic E-state index is 0.0654. The van der Waals surface area contributed by atoms with Crippen LogP contribution in [0.15, 0.2) is 56.8 Å². The summed E-state index contributed by atoms with van der Waals surface area (Å²) in [6.07, 6.45) is 3.03. The molecule has 0 radical (unpaired) electrons. The third kappa shape index (κ3) is 4.34. The largest absolute Gasteiger partial charge is 0.384 e. The minimum atomic E-state index is -0.521. The SMILES string of the molecule is Cc1c(=O)n(Cc2ccc(Br)c(Cl)c2)c(=O)n2cc(C(=O)NCc3ccc(N)nc3)sc12. The van der Waals surface area contributed by atoms with E-state index in [2.05, 4.69) is 26.2 Å². The highest BCUT2D eigenvalue weighted by Crippen LogP contribution is 2.23. The first-order valence-electron chi connectivity index (χ1n) is 9.42. The molecule has 0 bridgehead atoms. The molecule has 4 aromatic rings. The van der Waals surface area contributed by atoms with Gasteiger partial charge in [-0.2, -0.15) is 0 Å². The van der Waals surface area contributed by atoms with E-state index in [0.717, 1.165) is 25.9 Å². The number of amides is 1. The van der Waals surface area contributed by atoms with Crippen LogP contribution in [-0.2, 0) is 13.1 Å². The molecule has 11 heteroatoms. The Balaban J connectivity index is 1.65. The highest BCUT2D eigenvalue weighted by Gasteiger charge is 2.18. The number of rotatable bonds is 5. The van der Waals surface area contributed by atoms with Crippen molar-refractivity contribution in [3.8, 4) is 0 Å². The van der Waals surface area contributed by atoms with E-state index in [0.29, 0.717) is 31.7 Å². The van der Waals surface area contributed by atoms with Gasteiger partial charge in [0.25, 0.3) is 11.5 Å². The first-order valence-corrected chi connectivity index (χ1v) is 11.4. The van der Waals surface area contributed by atoms with Gasteiger partial charge in [0, 0.05) is 29.0 Å². The van der Waals surface area contributed by atoms with Crippen LogP contribution in [0.3, 0.4) is 0 Å². The first-order chi connectivity index (χ1) is 15.2. The maximum atomic E-state index is 13.0. The zero-order chi connectivity index (χ0) is 23.0. The number of benzene rings is 1. The second kappa shape index (κ2) is 8.89. The number of nitrogens with zero attached hydrogens (tertiary/aromatic N) is 3. The molecule has 1 aromatic carbocycles. The quantitative estimate of drug-likeness (QED) is 0.408. The fourth-order valence-corrected chi connectivity index (χ4v) is 4.59. The van der Waals surface area contributed by atoms with Crippen LogP contribution in [0, 0.1) is 6.92 Å². The van der Waals surface area contributed by atoms with E-state index >= 15 is 0 Å². The average molecular weight is 535 g/mol. The number of anilines is 1. The van der Waals surface area contributed by atoms with Crippen LogP contribution < -0.4 is 22.3 Å². The number of thiazole rings is 1. The van der Waals surface area contributed by atoms with Crippen molar-refractivity contribution in [3.05, 3.63) is 94.6 Å². The molecule has 1 amide bonds. The molecule has 0 aliphatic carbocycles. The van der Waals surface area contributed by atoms with Gasteiger partial charge in [0.15, 0.2) is 0 Å². The normalized spacial score (nSPS) is 11.1. The lowest BCUT2D eigenvalue weighted by Gasteiger charge is -2.08. The molecule has 0 spiro atoms. The summed E-state index contributed by atoms with van der Waals surface area (Å²) in [5, 5.41) is 3.27. The zero-order valence-electron chi connectivity index (χ0n) is 16.8. The predicted molar refractivity (Wildman–Crippen MR) is 129 cm³/mol. The monoisotopic (exact) mass is 533 g/mol. The number of hydrogen-bond acceptors (Lipinski definition) is 6. The lowest BCUT2D eigenvalue weighted by Crippen LogP contribution is -2.38. The summed E-state index contributed by atoms with van der Waals surface area (Å²) in [6, 6.07) is 8.65. The Morgan fingerprint density at radius 2 is 2.00 bits per heavy atom. The molecular formula is C21H17BrClN5O3S. The number of carbonyl (C=O) groups is 1. The van der Waals surface area contributed by atoms with Gasteiger partial charge in [-0.25, -0.2) is 9.78 Å². The highest BCUT2D eigenvalue weighted by molar-refractivity contribution is 9.10. The molecule has 0 unspecified atom stereocenters. The van der Waals surface area contributed by atoms with Crippen molar-refractivity contribution >= 4 is 55.4 Å². The Hall–Kier alpha value is -2.95. The van der Waals surface area contributed by atoms with Crippen molar-refractivity contribution in [2.75, 3.05) is 5.73 Å². The number of fused-ring (bicyclic) bond motifs is 1. The average Bonchev–Trinajstić information content (AvgIpc) is 3.23. The number of aromatic nitrogens is 3. The number of nitrogen functional groups attached to an aromatic ring is 1. The van der Waals surface area contributed by atoms with Crippen LogP contribution in [0.4, 0.5) is 5.82 Å². The van der Waals surface area contributed by atoms with Crippen LogP contribution in [0.1, 0.15) is 26.4 Å². The van der Waals surface area contributed by atoms with Gasteiger partial charge in [-0.1, -0.05) is 23.7 Å². The fraction of sp³-hybridized carbons (Fsp3) is 0.143. The molecule has 0 aliphatic rings. The van der Waals surface area contributed by atoms with Crippen LogP contribution in [0.25, 0.3) is 4.83 Å². The van der Waals surface area contributed by atoms with E-state index in [1.165, 1.54) is 10.6 Å². The lowest BCUT2D eigenvalue weighted by atomic mass is 10.2. The van der Waals surface area contributed by atoms with E-state index in [1.54, 1.807) is 43.5 Å². The van der Waals surface area contributed by atoms with Crippen molar-refractivity contribution < 1.29 is 4.79 Å². The molecule has 0 aliphatic heterocycles. The number of nitrogens with one attached hydrogen (secondary N) is 1. The van der Waals surface area contributed by atoms with Gasteiger partial charge >= 0.3 is 5.69 Å². The number of pyridine rings is 1. The Kier molecular flexibility index (Phi) is 6.18. The van der Waals surface area contributed by atoms with Gasteiger partial charge < -0.3 is 11.1 Å². The second-order valence-electron chi connectivity index (χ2n) is 7.09. The number of halogens is 2. The summed E-state index contributed by atoms with van der Waals surface area (Å²) in [7, 11) is 0. The zero-order valence-corrected chi connectivity index (χ0v) is 19.9. The molecule has 0 saturated carbocycles. The van der Waals surface area contributed by atoms with Crippen molar-refractivity contribution in [2.24, 2.45) is 0 Å². The molecule has 8 nitrogen and oxygen atoms in total. The summed E-state index contributed by atoms with van der Waals surface area (Å²) < 4.78 is 3.19. The van der Waals surface area contributed by atoms with Crippen LogP contribution in [0.2, 0.25) is 5.02 Å². The van der Waals surface area contributed by atoms with E-state index in [4.69, 9.17) is 17.3 Å². The van der Waals surface area contributed by atoms with E-state index < -0.39 is 11.2 Å². The molecule has 3 aromatic heterocycles. The van der Waals surface area contributed by atoms with Crippen molar-refractivity contribution in [3.63, 3.8) is 0 Å². The van der Waals surface area contributed by atoms with Crippen molar-refractivity contribution in [1.29, 1.82) is 0 Å². The minimum Gasteiger partial charge on any atom is -0.384 e. The van der Waals surface area contributed by atoms with Crippen LogP contribution in [0.5, 0.6) is 0 Å². The predicted octanol–water partition coefficient (Wildman–Crippen LogP) is 3.20. The van der Waals surface area contributed by atoms with Crippen LogP contribution >= 0.6 is 38.9 Å². The van der Waals surface area contributed by atoms with E-state index in [1.807, 2.05) is 0 Å². The smallest absolute Gasteiger partial charge is 0.336 e. The fourth-order valence-electron chi connectivity index (χ4n) is 3.14. The highest BCUT2D eigenvalue weighted by atomic mass is 79.9. The Bertz CT molecular complexity index is 1460. The second-order valence-corrected chi connectivity index (χ2v) is 9.38. The number of nitrogens with two attached hydrogens (primary N) is 1. The van der Waals surface area contributed by atoms with E-state index in [-0.39, 0.29) is 19.0 Å². The van der Waals surface area contributed by atoms with Gasteiger partial charge in [0.1, 0.15) is 15.5 Å². The summed E-state index contributed by atoms with van der Waals surface area (Å²) >= 11 is 10.6. The molecule has 0 saturated heterocycles. The number of aryl methyl sites for hydroxylation is 1. The third-order valence-electron chi connectivity index (χ3n) is 4.84. The molecule has 4 rings (SSSR count). The van der Waals surface area contributed by atoms with Crippen molar-refractivity contribution in [1.82, 2.24) is 19.3 Å². The Morgan fingerprint density at radius 1 is 1.25 bits per heavy atom. The third-order valence-corrected chi connectivity index (χ3v) is 7.28. The molecular weight excluding hydrogens is 518 g/mol. The van der Waals surface area contributed by atoms with Gasteiger partial charge in [0.2, 0.25) is 0 Å². The molecule has 3 heterocycles. The first kappa shape index (κ1) is 22.3. The molecule has 0 fully saturated rings. The molecule has 3 N–H and O–H groups in total. The molecule has 0 atom stereocenters. The van der Waals surface area contributed by atoms with Gasteiger partial charge in [-0.05, 0) is 52.2 Å².